The maximum absolute atomic E-state index is 11.9. The van der Waals surface area contributed by atoms with Crippen molar-refractivity contribution in [2.75, 3.05) is 11.4 Å². The summed E-state index contributed by atoms with van der Waals surface area (Å²) in [6.45, 7) is 8.56. The van der Waals surface area contributed by atoms with Gasteiger partial charge in [-0.2, -0.15) is 0 Å². The third kappa shape index (κ3) is 3.44. The number of aryl methyl sites for hydroxylation is 2. The average molecular weight is 426 g/mol. The van der Waals surface area contributed by atoms with Gasteiger partial charge in [-0.05, 0) is 55.5 Å². The first-order valence-electron chi connectivity index (χ1n) is 11.0. The van der Waals surface area contributed by atoms with Gasteiger partial charge in [0.1, 0.15) is 0 Å². The Hall–Kier alpha value is -3.60. The van der Waals surface area contributed by atoms with Gasteiger partial charge in [0, 0.05) is 30.7 Å². The maximum Gasteiger partial charge on any atom is 0.354 e. The Balaban J connectivity index is 1.70. The summed E-state index contributed by atoms with van der Waals surface area (Å²) in [4.78, 5) is 18.8. The third-order valence-electron chi connectivity index (χ3n) is 6.67. The van der Waals surface area contributed by atoms with Gasteiger partial charge in [-0.25, -0.2) is 9.78 Å². The molecular weight excluding hydrogens is 398 g/mol. The van der Waals surface area contributed by atoms with Crippen molar-refractivity contribution < 1.29 is 9.90 Å². The molecule has 1 N–H and O–H groups in total. The lowest BCUT2D eigenvalue weighted by Crippen LogP contribution is -2.32. The lowest BCUT2D eigenvalue weighted by Gasteiger charge is -2.31. The molecule has 4 aromatic rings. The van der Waals surface area contributed by atoms with Gasteiger partial charge in [0.2, 0.25) is 0 Å². The first-order chi connectivity index (χ1) is 15.4. The highest BCUT2D eigenvalue weighted by atomic mass is 16.4. The molecule has 0 bridgehead atoms. The minimum Gasteiger partial charge on any atom is -0.477 e. The summed E-state index contributed by atoms with van der Waals surface area (Å²) in [6, 6.07) is 18.7. The molecule has 0 saturated heterocycles. The van der Waals surface area contributed by atoms with Crippen molar-refractivity contribution in [1.82, 2.24) is 9.55 Å². The third-order valence-corrected chi connectivity index (χ3v) is 6.67. The highest BCUT2D eigenvalue weighted by Gasteiger charge is 2.25. The Morgan fingerprint density at radius 1 is 1.03 bits per heavy atom. The molecule has 1 aliphatic rings. The lowest BCUT2D eigenvalue weighted by atomic mass is 10.00. The summed E-state index contributed by atoms with van der Waals surface area (Å²) < 4.78 is 2.30. The summed E-state index contributed by atoms with van der Waals surface area (Å²) in [5, 5.41) is 10.7. The number of hydrogen-bond acceptors (Lipinski definition) is 3. The molecule has 32 heavy (non-hydrogen) atoms. The number of carbonyl (C=O) groups is 1. The number of rotatable bonds is 4. The largest absolute Gasteiger partial charge is 0.477 e. The predicted octanol–water partition coefficient (Wildman–Crippen LogP) is 5.27. The number of anilines is 1. The number of nitrogens with zero attached hydrogens (tertiary/aromatic N) is 3. The highest BCUT2D eigenvalue weighted by Crippen LogP contribution is 2.35. The molecule has 0 saturated carbocycles. The van der Waals surface area contributed by atoms with Gasteiger partial charge in [0.05, 0.1) is 5.52 Å². The number of aromatic nitrogens is 2. The maximum atomic E-state index is 11.9. The second-order valence-corrected chi connectivity index (χ2v) is 8.76. The van der Waals surface area contributed by atoms with E-state index in [1.807, 2.05) is 0 Å². The summed E-state index contributed by atoms with van der Waals surface area (Å²) in [5.41, 5.74) is 8.46. The fraction of sp³-hybridized carbons (Fsp3) is 0.259. The van der Waals surface area contributed by atoms with E-state index in [4.69, 9.17) is 0 Å². The van der Waals surface area contributed by atoms with Gasteiger partial charge in [0.15, 0.2) is 11.5 Å². The van der Waals surface area contributed by atoms with Crippen LogP contribution < -0.4 is 4.90 Å². The van der Waals surface area contributed by atoms with E-state index in [9.17, 15) is 9.90 Å². The molecule has 5 heteroatoms. The van der Waals surface area contributed by atoms with Crippen molar-refractivity contribution in [3.63, 3.8) is 0 Å². The topological polar surface area (TPSA) is 58.4 Å². The molecule has 5 rings (SSSR count). The van der Waals surface area contributed by atoms with Crippen LogP contribution in [0.5, 0.6) is 0 Å². The fourth-order valence-electron chi connectivity index (χ4n) is 4.84. The highest BCUT2D eigenvalue weighted by molar-refractivity contribution is 5.99. The molecule has 0 fully saturated rings. The number of aromatic carboxylic acids is 1. The summed E-state index contributed by atoms with van der Waals surface area (Å²) in [5.74, 6) is -0.229. The van der Waals surface area contributed by atoms with Crippen LogP contribution in [-0.4, -0.2) is 27.2 Å². The predicted molar refractivity (Wildman–Crippen MR) is 128 cm³/mol. The quantitative estimate of drug-likeness (QED) is 0.484. The Kier molecular flexibility index (Phi) is 4.97. The van der Waals surface area contributed by atoms with E-state index >= 15 is 0 Å². The van der Waals surface area contributed by atoms with E-state index in [1.165, 1.54) is 22.3 Å². The number of pyridine rings is 1. The molecule has 1 aliphatic heterocycles. The van der Waals surface area contributed by atoms with Crippen molar-refractivity contribution in [3.8, 4) is 0 Å². The van der Waals surface area contributed by atoms with Crippen molar-refractivity contribution in [1.29, 1.82) is 0 Å². The number of carboxylic acids is 1. The molecule has 0 amide bonds. The van der Waals surface area contributed by atoms with Crippen LogP contribution in [0.15, 0.2) is 54.6 Å². The van der Waals surface area contributed by atoms with E-state index in [2.05, 4.69) is 83.8 Å². The SMILES string of the molecule is Cc1cccc(Cn2c(C)c(C)c3cc(C(=O)O)nc(N4CCc5ccccc5C4)c32)c1. The second kappa shape index (κ2) is 7.83. The molecule has 0 atom stereocenters. The Morgan fingerprint density at radius 2 is 1.81 bits per heavy atom. The summed E-state index contributed by atoms with van der Waals surface area (Å²) >= 11 is 0. The molecule has 0 unspecified atom stereocenters. The molecule has 0 aliphatic carbocycles. The van der Waals surface area contributed by atoms with Gasteiger partial charge >= 0.3 is 5.97 Å². The number of benzene rings is 2. The van der Waals surface area contributed by atoms with E-state index in [1.54, 1.807) is 6.07 Å². The van der Waals surface area contributed by atoms with Gasteiger partial charge < -0.3 is 14.6 Å². The Labute approximate surface area is 187 Å². The standard InChI is InChI=1S/C27H27N3O2/c1-17-7-6-8-20(13-17)15-30-19(3)18(2)23-14-24(27(31)32)28-26(25(23)30)29-12-11-21-9-4-5-10-22(21)16-29/h4-10,13-14H,11-12,15-16H2,1-3H3,(H,31,32). The van der Waals surface area contributed by atoms with Crippen LogP contribution >= 0.6 is 0 Å². The minimum absolute atomic E-state index is 0.0992. The van der Waals surface area contributed by atoms with Crippen LogP contribution in [0.25, 0.3) is 10.9 Å². The van der Waals surface area contributed by atoms with Crippen LogP contribution in [0.3, 0.4) is 0 Å². The number of hydrogen-bond donors (Lipinski definition) is 1. The Bertz CT molecular complexity index is 1350. The molecule has 3 heterocycles. The normalized spacial score (nSPS) is 13.4. The van der Waals surface area contributed by atoms with E-state index in [0.29, 0.717) is 0 Å². The van der Waals surface area contributed by atoms with Crippen LogP contribution in [0, 0.1) is 20.8 Å². The zero-order valence-electron chi connectivity index (χ0n) is 18.7. The zero-order chi connectivity index (χ0) is 22.4. The van der Waals surface area contributed by atoms with Crippen LogP contribution in [0.4, 0.5) is 5.82 Å². The van der Waals surface area contributed by atoms with Gasteiger partial charge in [0.25, 0.3) is 0 Å². The monoisotopic (exact) mass is 425 g/mol. The molecule has 2 aromatic heterocycles. The van der Waals surface area contributed by atoms with Gasteiger partial charge in [-0.15, -0.1) is 0 Å². The first-order valence-corrected chi connectivity index (χ1v) is 11.0. The first kappa shape index (κ1) is 20.3. The van der Waals surface area contributed by atoms with Crippen molar-refractivity contribution in [3.05, 3.63) is 93.8 Å². The van der Waals surface area contributed by atoms with Gasteiger partial charge in [-0.1, -0.05) is 54.1 Å². The smallest absolute Gasteiger partial charge is 0.354 e. The van der Waals surface area contributed by atoms with E-state index in [0.717, 1.165) is 54.0 Å². The molecular formula is C27H27N3O2. The minimum atomic E-state index is -0.992. The van der Waals surface area contributed by atoms with Crippen molar-refractivity contribution in [2.24, 2.45) is 0 Å². The van der Waals surface area contributed by atoms with Gasteiger partial charge in [-0.3, -0.25) is 0 Å². The van der Waals surface area contributed by atoms with Crippen LogP contribution in [-0.2, 0) is 19.5 Å². The van der Waals surface area contributed by atoms with Crippen LogP contribution in [0.1, 0.15) is 44.0 Å². The van der Waals surface area contributed by atoms with Crippen molar-refractivity contribution in [2.45, 2.75) is 40.3 Å². The van der Waals surface area contributed by atoms with Crippen molar-refractivity contribution >= 4 is 22.7 Å². The molecule has 0 radical (unpaired) electrons. The zero-order valence-corrected chi connectivity index (χ0v) is 18.7. The number of fused-ring (bicyclic) bond motifs is 2. The Morgan fingerprint density at radius 3 is 2.56 bits per heavy atom. The second-order valence-electron chi connectivity index (χ2n) is 8.76. The molecule has 2 aromatic carbocycles. The summed E-state index contributed by atoms with van der Waals surface area (Å²) in [7, 11) is 0. The average Bonchev–Trinajstić information content (AvgIpc) is 3.03. The lowest BCUT2D eigenvalue weighted by molar-refractivity contribution is 0.0691. The van der Waals surface area contributed by atoms with Crippen LogP contribution in [0.2, 0.25) is 0 Å². The number of carboxylic acid groups (broad SMARTS) is 1. The van der Waals surface area contributed by atoms with E-state index < -0.39 is 5.97 Å². The van der Waals surface area contributed by atoms with E-state index in [-0.39, 0.29) is 5.69 Å². The molecule has 5 nitrogen and oxygen atoms in total. The summed E-state index contributed by atoms with van der Waals surface area (Å²) in [6.07, 6.45) is 0.924. The fourth-order valence-corrected chi connectivity index (χ4v) is 4.84. The molecule has 0 spiro atoms. The molecule has 162 valence electrons.